The lowest BCUT2D eigenvalue weighted by molar-refractivity contribution is 0.0383. The summed E-state index contributed by atoms with van der Waals surface area (Å²) in [5.74, 6) is -0.0725. The molecular formula is C24H31N3O4. The highest BCUT2D eigenvalue weighted by molar-refractivity contribution is 5.94. The van der Waals surface area contributed by atoms with Crippen LogP contribution >= 0.6 is 0 Å². The Bertz CT molecular complexity index is 867. The van der Waals surface area contributed by atoms with Crippen molar-refractivity contribution >= 4 is 17.7 Å². The fraction of sp³-hybridized carbons (Fsp3) is 0.417. The first-order valence-electron chi connectivity index (χ1n) is 10.6. The smallest absolute Gasteiger partial charge is 0.412 e. The molecule has 1 aliphatic rings. The molecule has 31 heavy (non-hydrogen) atoms. The predicted octanol–water partition coefficient (Wildman–Crippen LogP) is 3.76. The van der Waals surface area contributed by atoms with Crippen molar-refractivity contribution in [2.75, 3.05) is 44.7 Å². The third kappa shape index (κ3) is 7.38. The number of carbonyl (C=O) groups is 2. The van der Waals surface area contributed by atoms with Gasteiger partial charge in [0.2, 0.25) is 0 Å². The Labute approximate surface area is 183 Å². The first kappa shape index (κ1) is 22.8. The summed E-state index contributed by atoms with van der Waals surface area (Å²) >= 11 is 0. The number of carbonyl (C=O) groups excluding carboxylic acids is 2. The van der Waals surface area contributed by atoms with Crippen LogP contribution in [0, 0.1) is 0 Å². The molecule has 0 saturated carbocycles. The SMILES string of the molecule is CC(C)(C)OC(=O)Nc1ccc(-c2ccc(C(=O)NCCN3CCOCC3)cc2)cc1. The maximum atomic E-state index is 12.4. The minimum Gasteiger partial charge on any atom is -0.444 e. The molecule has 1 fully saturated rings. The van der Waals surface area contributed by atoms with E-state index in [2.05, 4.69) is 15.5 Å². The number of anilines is 1. The Morgan fingerprint density at radius 3 is 2.13 bits per heavy atom. The number of hydrogen-bond acceptors (Lipinski definition) is 5. The number of nitrogens with zero attached hydrogens (tertiary/aromatic N) is 1. The Morgan fingerprint density at radius 2 is 1.55 bits per heavy atom. The molecule has 2 aromatic rings. The van der Waals surface area contributed by atoms with Gasteiger partial charge < -0.3 is 14.8 Å². The van der Waals surface area contributed by atoms with Gasteiger partial charge in [-0.15, -0.1) is 0 Å². The monoisotopic (exact) mass is 425 g/mol. The third-order valence-electron chi connectivity index (χ3n) is 4.83. The van der Waals surface area contributed by atoms with E-state index in [9.17, 15) is 9.59 Å². The zero-order valence-corrected chi connectivity index (χ0v) is 18.4. The molecule has 0 spiro atoms. The summed E-state index contributed by atoms with van der Waals surface area (Å²) in [5.41, 5.74) is 2.74. The molecule has 0 atom stereocenters. The van der Waals surface area contributed by atoms with E-state index in [0.717, 1.165) is 44.0 Å². The maximum Gasteiger partial charge on any atom is 0.412 e. The second-order valence-corrected chi connectivity index (χ2v) is 8.49. The van der Waals surface area contributed by atoms with Gasteiger partial charge in [-0.3, -0.25) is 15.0 Å². The zero-order valence-electron chi connectivity index (χ0n) is 18.4. The summed E-state index contributed by atoms with van der Waals surface area (Å²) in [7, 11) is 0. The number of ether oxygens (including phenoxy) is 2. The zero-order chi connectivity index (χ0) is 22.3. The van der Waals surface area contributed by atoms with Gasteiger partial charge in [0, 0.05) is 37.4 Å². The first-order chi connectivity index (χ1) is 14.8. The van der Waals surface area contributed by atoms with Gasteiger partial charge in [0.25, 0.3) is 5.91 Å². The average Bonchev–Trinajstić information content (AvgIpc) is 2.74. The molecular weight excluding hydrogens is 394 g/mol. The Hall–Kier alpha value is -2.90. The first-order valence-corrected chi connectivity index (χ1v) is 10.6. The van der Waals surface area contributed by atoms with Crippen molar-refractivity contribution < 1.29 is 19.1 Å². The molecule has 1 aliphatic heterocycles. The Balaban J connectivity index is 1.50. The van der Waals surface area contributed by atoms with Gasteiger partial charge in [0.15, 0.2) is 0 Å². The summed E-state index contributed by atoms with van der Waals surface area (Å²) in [6.45, 7) is 10.3. The minimum absolute atomic E-state index is 0.0725. The molecule has 0 unspecified atom stereocenters. The molecule has 1 heterocycles. The lowest BCUT2D eigenvalue weighted by Crippen LogP contribution is -2.41. The standard InChI is InChI=1S/C24H31N3O4/c1-24(2,3)31-23(29)26-21-10-8-19(9-11-21)18-4-6-20(7-5-18)22(28)25-12-13-27-14-16-30-17-15-27/h4-11H,12-17H2,1-3H3,(H,25,28)(H,26,29). The highest BCUT2D eigenvalue weighted by atomic mass is 16.6. The lowest BCUT2D eigenvalue weighted by Gasteiger charge is -2.26. The molecule has 0 radical (unpaired) electrons. The van der Waals surface area contributed by atoms with Gasteiger partial charge in [0.05, 0.1) is 13.2 Å². The van der Waals surface area contributed by atoms with E-state index in [0.29, 0.717) is 17.8 Å². The highest BCUT2D eigenvalue weighted by Gasteiger charge is 2.16. The van der Waals surface area contributed by atoms with Gasteiger partial charge in [-0.2, -0.15) is 0 Å². The van der Waals surface area contributed by atoms with Crippen molar-refractivity contribution in [1.82, 2.24) is 10.2 Å². The topological polar surface area (TPSA) is 79.9 Å². The lowest BCUT2D eigenvalue weighted by atomic mass is 10.0. The van der Waals surface area contributed by atoms with E-state index in [-0.39, 0.29) is 5.91 Å². The second-order valence-electron chi connectivity index (χ2n) is 8.49. The van der Waals surface area contributed by atoms with Crippen molar-refractivity contribution in [2.24, 2.45) is 0 Å². The quantitative estimate of drug-likeness (QED) is 0.737. The molecule has 7 heteroatoms. The molecule has 0 bridgehead atoms. The molecule has 0 aromatic heterocycles. The predicted molar refractivity (Wildman–Crippen MR) is 121 cm³/mol. The number of hydrogen-bond donors (Lipinski definition) is 2. The van der Waals surface area contributed by atoms with Crippen LogP contribution in [-0.4, -0.2) is 61.9 Å². The van der Waals surface area contributed by atoms with Crippen LogP contribution in [0.3, 0.4) is 0 Å². The van der Waals surface area contributed by atoms with E-state index in [4.69, 9.17) is 9.47 Å². The fourth-order valence-electron chi connectivity index (χ4n) is 3.24. The molecule has 2 N–H and O–H groups in total. The molecule has 3 rings (SSSR count). The Kier molecular flexibility index (Phi) is 7.65. The van der Waals surface area contributed by atoms with Crippen LogP contribution in [0.2, 0.25) is 0 Å². The summed E-state index contributed by atoms with van der Waals surface area (Å²) < 4.78 is 10.6. The number of nitrogens with one attached hydrogen (secondary N) is 2. The van der Waals surface area contributed by atoms with E-state index in [1.165, 1.54) is 0 Å². The maximum absolute atomic E-state index is 12.4. The summed E-state index contributed by atoms with van der Waals surface area (Å²) in [6, 6.07) is 15.0. The summed E-state index contributed by atoms with van der Waals surface area (Å²) in [5, 5.41) is 5.69. The third-order valence-corrected chi connectivity index (χ3v) is 4.83. The molecule has 2 aromatic carbocycles. The van der Waals surface area contributed by atoms with E-state index in [1.807, 2.05) is 69.3 Å². The highest BCUT2D eigenvalue weighted by Crippen LogP contribution is 2.22. The van der Waals surface area contributed by atoms with Crippen LogP contribution in [0.1, 0.15) is 31.1 Å². The Morgan fingerprint density at radius 1 is 0.968 bits per heavy atom. The minimum atomic E-state index is -0.541. The molecule has 0 aliphatic carbocycles. The van der Waals surface area contributed by atoms with Crippen molar-refractivity contribution in [3.63, 3.8) is 0 Å². The largest absolute Gasteiger partial charge is 0.444 e. The molecule has 1 saturated heterocycles. The van der Waals surface area contributed by atoms with Gasteiger partial charge in [-0.05, 0) is 56.2 Å². The fourth-order valence-corrected chi connectivity index (χ4v) is 3.24. The van der Waals surface area contributed by atoms with Crippen LogP contribution in [0.5, 0.6) is 0 Å². The van der Waals surface area contributed by atoms with Crippen LogP contribution < -0.4 is 10.6 Å². The van der Waals surface area contributed by atoms with Gasteiger partial charge in [-0.1, -0.05) is 24.3 Å². The van der Waals surface area contributed by atoms with Gasteiger partial charge >= 0.3 is 6.09 Å². The normalized spacial score (nSPS) is 14.7. The van der Waals surface area contributed by atoms with Crippen molar-refractivity contribution in [1.29, 1.82) is 0 Å². The van der Waals surface area contributed by atoms with Gasteiger partial charge in [0.1, 0.15) is 5.60 Å². The van der Waals surface area contributed by atoms with Crippen LogP contribution in [0.15, 0.2) is 48.5 Å². The van der Waals surface area contributed by atoms with Crippen LogP contribution in [0.4, 0.5) is 10.5 Å². The number of benzene rings is 2. The molecule has 7 nitrogen and oxygen atoms in total. The number of morpholine rings is 1. The van der Waals surface area contributed by atoms with Crippen molar-refractivity contribution in [2.45, 2.75) is 26.4 Å². The number of rotatable bonds is 6. The molecule has 166 valence electrons. The van der Waals surface area contributed by atoms with E-state index >= 15 is 0 Å². The van der Waals surface area contributed by atoms with E-state index < -0.39 is 11.7 Å². The summed E-state index contributed by atoms with van der Waals surface area (Å²) in [4.78, 5) is 26.5. The number of amides is 2. The van der Waals surface area contributed by atoms with E-state index in [1.54, 1.807) is 0 Å². The van der Waals surface area contributed by atoms with Crippen LogP contribution in [-0.2, 0) is 9.47 Å². The van der Waals surface area contributed by atoms with Crippen molar-refractivity contribution in [3.8, 4) is 11.1 Å². The molecule has 2 amide bonds. The van der Waals surface area contributed by atoms with Crippen molar-refractivity contribution in [3.05, 3.63) is 54.1 Å². The van der Waals surface area contributed by atoms with Crippen LogP contribution in [0.25, 0.3) is 11.1 Å². The van der Waals surface area contributed by atoms with Gasteiger partial charge in [-0.25, -0.2) is 4.79 Å². The second kappa shape index (κ2) is 10.4. The summed E-state index contributed by atoms with van der Waals surface area (Å²) in [6.07, 6.45) is -0.482. The average molecular weight is 426 g/mol.